The molecule has 1 N–H and O–H groups in total. The SMILES string of the molecule is Cc1nccn1-c1cc(C(=O)NCC2CC23CCSCC3)c2ccccc2n1. The molecule has 1 saturated heterocycles. The number of hydrogen-bond donors (Lipinski definition) is 1. The van der Waals surface area contributed by atoms with Crippen molar-refractivity contribution < 1.29 is 4.79 Å². The van der Waals surface area contributed by atoms with Gasteiger partial charge in [0.25, 0.3) is 5.91 Å². The van der Waals surface area contributed by atoms with Gasteiger partial charge in [-0.1, -0.05) is 18.2 Å². The number of imidazole rings is 1. The summed E-state index contributed by atoms with van der Waals surface area (Å²) in [6.45, 7) is 2.71. The predicted molar refractivity (Wildman–Crippen MR) is 113 cm³/mol. The lowest BCUT2D eigenvalue weighted by atomic mass is 9.96. The largest absolute Gasteiger partial charge is 0.352 e. The molecule has 3 aromatic rings. The van der Waals surface area contributed by atoms with Gasteiger partial charge in [-0.05, 0) is 61.2 Å². The molecule has 144 valence electrons. The second kappa shape index (κ2) is 6.92. The summed E-state index contributed by atoms with van der Waals surface area (Å²) in [7, 11) is 0. The third-order valence-corrected chi connectivity index (χ3v) is 7.36. The molecule has 1 atom stereocenters. The van der Waals surface area contributed by atoms with Crippen LogP contribution in [-0.4, -0.2) is 38.5 Å². The summed E-state index contributed by atoms with van der Waals surface area (Å²) in [6, 6.07) is 9.72. The van der Waals surface area contributed by atoms with Crippen LogP contribution in [0.1, 0.15) is 35.4 Å². The summed E-state index contributed by atoms with van der Waals surface area (Å²) in [5.74, 6) is 4.75. The topological polar surface area (TPSA) is 59.8 Å². The van der Waals surface area contributed by atoms with Gasteiger partial charge in [-0.25, -0.2) is 9.97 Å². The maximum Gasteiger partial charge on any atom is 0.252 e. The molecule has 0 radical (unpaired) electrons. The molecule has 2 aliphatic rings. The first-order chi connectivity index (χ1) is 13.7. The number of rotatable bonds is 4. The van der Waals surface area contributed by atoms with Crippen molar-refractivity contribution in [3.05, 3.63) is 54.1 Å². The second-order valence-electron chi connectivity index (χ2n) is 7.98. The molecular formula is C22H24N4OS. The van der Waals surface area contributed by atoms with Crippen molar-refractivity contribution >= 4 is 28.6 Å². The zero-order valence-electron chi connectivity index (χ0n) is 16.0. The Balaban J connectivity index is 1.41. The fourth-order valence-corrected chi connectivity index (χ4v) is 5.82. The number of carbonyl (C=O) groups excluding carboxylic acids is 1. The van der Waals surface area contributed by atoms with Crippen molar-refractivity contribution in [2.75, 3.05) is 18.1 Å². The summed E-state index contributed by atoms with van der Waals surface area (Å²) >= 11 is 2.06. The Morgan fingerprint density at radius 3 is 2.93 bits per heavy atom. The lowest BCUT2D eigenvalue weighted by molar-refractivity contribution is 0.0951. The van der Waals surface area contributed by atoms with Crippen LogP contribution in [0.3, 0.4) is 0 Å². The van der Waals surface area contributed by atoms with E-state index in [1.54, 1.807) is 6.20 Å². The van der Waals surface area contributed by atoms with Gasteiger partial charge in [-0.2, -0.15) is 11.8 Å². The van der Waals surface area contributed by atoms with Crippen LogP contribution in [0.5, 0.6) is 0 Å². The Morgan fingerprint density at radius 2 is 2.14 bits per heavy atom. The van der Waals surface area contributed by atoms with Gasteiger partial charge in [0.1, 0.15) is 11.6 Å². The fourth-order valence-electron chi connectivity index (χ4n) is 4.51. The van der Waals surface area contributed by atoms with Crippen LogP contribution in [0.4, 0.5) is 0 Å². The number of nitrogens with one attached hydrogen (secondary N) is 1. The minimum atomic E-state index is -0.00940. The first-order valence-electron chi connectivity index (χ1n) is 9.92. The molecule has 0 bridgehead atoms. The third-order valence-electron chi connectivity index (χ3n) is 6.38. The molecule has 1 aromatic carbocycles. The van der Waals surface area contributed by atoms with E-state index in [1.165, 1.54) is 30.8 Å². The molecule has 5 nitrogen and oxygen atoms in total. The molecule has 2 fully saturated rings. The van der Waals surface area contributed by atoms with Gasteiger partial charge >= 0.3 is 0 Å². The lowest BCUT2D eigenvalue weighted by Gasteiger charge is -2.22. The van der Waals surface area contributed by atoms with Crippen LogP contribution in [0.25, 0.3) is 16.7 Å². The molecular weight excluding hydrogens is 368 g/mol. The zero-order valence-corrected chi connectivity index (χ0v) is 16.8. The number of para-hydroxylation sites is 1. The number of amides is 1. The minimum absolute atomic E-state index is 0.00940. The van der Waals surface area contributed by atoms with Crippen LogP contribution >= 0.6 is 11.8 Å². The van der Waals surface area contributed by atoms with Gasteiger partial charge in [0.2, 0.25) is 0 Å². The number of aromatic nitrogens is 3. The van der Waals surface area contributed by atoms with Crippen molar-refractivity contribution in [2.24, 2.45) is 11.3 Å². The number of nitrogens with zero attached hydrogens (tertiary/aromatic N) is 3. The van der Waals surface area contributed by atoms with Crippen LogP contribution in [0.15, 0.2) is 42.7 Å². The molecule has 5 rings (SSSR count). The minimum Gasteiger partial charge on any atom is -0.352 e. The first kappa shape index (κ1) is 17.7. The van der Waals surface area contributed by atoms with E-state index in [0.717, 1.165) is 29.1 Å². The van der Waals surface area contributed by atoms with Gasteiger partial charge in [0.15, 0.2) is 0 Å². The molecule has 1 spiro atoms. The number of fused-ring (bicyclic) bond motifs is 1. The second-order valence-corrected chi connectivity index (χ2v) is 9.20. The number of benzene rings is 1. The summed E-state index contributed by atoms with van der Waals surface area (Å²) in [4.78, 5) is 22.1. The van der Waals surface area contributed by atoms with E-state index in [0.29, 0.717) is 16.9 Å². The third kappa shape index (κ3) is 3.09. The van der Waals surface area contributed by atoms with Crippen LogP contribution in [0.2, 0.25) is 0 Å². The standard InChI is InChI=1S/C22H24N4OS/c1-15-23-8-9-26(15)20-12-18(17-4-2-3-5-19(17)25-20)21(27)24-14-16-13-22(16)6-10-28-11-7-22/h2-5,8-9,12,16H,6-7,10-11,13-14H2,1H3,(H,24,27). The highest BCUT2D eigenvalue weighted by Crippen LogP contribution is 2.60. The van der Waals surface area contributed by atoms with Gasteiger partial charge in [-0.3, -0.25) is 9.36 Å². The normalized spacial score (nSPS) is 20.4. The highest BCUT2D eigenvalue weighted by Gasteiger charge is 2.53. The number of hydrogen-bond acceptors (Lipinski definition) is 4. The lowest BCUT2D eigenvalue weighted by Crippen LogP contribution is -2.28. The molecule has 2 aromatic heterocycles. The van der Waals surface area contributed by atoms with E-state index in [1.807, 2.05) is 48.0 Å². The molecule has 3 heterocycles. The van der Waals surface area contributed by atoms with Crippen LogP contribution in [-0.2, 0) is 0 Å². The molecule has 1 aliphatic carbocycles. The maximum atomic E-state index is 13.1. The van der Waals surface area contributed by atoms with E-state index in [-0.39, 0.29) is 5.91 Å². The summed E-state index contributed by atoms with van der Waals surface area (Å²) in [5, 5.41) is 4.10. The zero-order chi connectivity index (χ0) is 19.1. The van der Waals surface area contributed by atoms with Crippen molar-refractivity contribution in [2.45, 2.75) is 26.2 Å². The molecule has 1 unspecified atom stereocenters. The Labute approximate surface area is 169 Å². The van der Waals surface area contributed by atoms with E-state index in [4.69, 9.17) is 4.98 Å². The van der Waals surface area contributed by atoms with Gasteiger partial charge in [0.05, 0.1) is 11.1 Å². The highest BCUT2D eigenvalue weighted by atomic mass is 32.2. The summed E-state index contributed by atoms with van der Waals surface area (Å²) in [5.41, 5.74) is 2.02. The van der Waals surface area contributed by atoms with Crippen LogP contribution in [0, 0.1) is 18.3 Å². The molecule has 28 heavy (non-hydrogen) atoms. The van der Waals surface area contributed by atoms with Crippen molar-refractivity contribution in [3.63, 3.8) is 0 Å². The number of carbonyl (C=O) groups is 1. The number of pyridine rings is 1. The van der Waals surface area contributed by atoms with Crippen LogP contribution < -0.4 is 5.32 Å². The average molecular weight is 393 g/mol. The van der Waals surface area contributed by atoms with Crippen molar-refractivity contribution in [1.29, 1.82) is 0 Å². The van der Waals surface area contributed by atoms with Crippen molar-refractivity contribution in [3.8, 4) is 5.82 Å². The Morgan fingerprint density at radius 1 is 1.32 bits per heavy atom. The predicted octanol–water partition coefficient (Wildman–Crippen LogP) is 3.99. The van der Waals surface area contributed by atoms with E-state index in [9.17, 15) is 4.79 Å². The molecule has 1 saturated carbocycles. The summed E-state index contributed by atoms with van der Waals surface area (Å²) < 4.78 is 1.92. The highest BCUT2D eigenvalue weighted by molar-refractivity contribution is 7.99. The van der Waals surface area contributed by atoms with Gasteiger partial charge in [0, 0.05) is 24.3 Å². The number of aryl methyl sites for hydroxylation is 1. The molecule has 1 aliphatic heterocycles. The quantitative estimate of drug-likeness (QED) is 0.729. The van der Waals surface area contributed by atoms with E-state index >= 15 is 0 Å². The van der Waals surface area contributed by atoms with E-state index in [2.05, 4.69) is 22.1 Å². The van der Waals surface area contributed by atoms with Gasteiger partial charge in [-0.15, -0.1) is 0 Å². The maximum absolute atomic E-state index is 13.1. The summed E-state index contributed by atoms with van der Waals surface area (Å²) in [6.07, 6.45) is 7.51. The van der Waals surface area contributed by atoms with E-state index < -0.39 is 0 Å². The van der Waals surface area contributed by atoms with Gasteiger partial charge < -0.3 is 5.32 Å². The first-order valence-corrected chi connectivity index (χ1v) is 11.1. The van der Waals surface area contributed by atoms with Crippen molar-refractivity contribution in [1.82, 2.24) is 19.9 Å². The molecule has 1 amide bonds. The Bertz CT molecular complexity index is 1040. The fraction of sp³-hybridized carbons (Fsp3) is 0.409. The average Bonchev–Trinajstić information content (AvgIpc) is 3.18. The number of thioether (sulfide) groups is 1. The Kier molecular flexibility index (Phi) is 4.38. The monoisotopic (exact) mass is 392 g/mol. The Hall–Kier alpha value is -2.34. The molecule has 6 heteroatoms. The smallest absolute Gasteiger partial charge is 0.252 e.